The van der Waals surface area contributed by atoms with Gasteiger partial charge in [0.1, 0.15) is 0 Å². The van der Waals surface area contributed by atoms with Crippen molar-refractivity contribution in [2.45, 2.75) is 58.5 Å². The van der Waals surface area contributed by atoms with Gasteiger partial charge in [-0.3, -0.25) is 14.6 Å². The Kier molecular flexibility index (Phi) is 11.9. The molecule has 3 aromatic carbocycles. The van der Waals surface area contributed by atoms with Gasteiger partial charge in [-0.1, -0.05) is 66.7 Å². The minimum atomic E-state index is 0. The highest BCUT2D eigenvalue weighted by Gasteiger charge is 2.21. The highest BCUT2D eigenvalue weighted by Crippen LogP contribution is 2.26. The van der Waals surface area contributed by atoms with Crippen LogP contribution in [0.2, 0.25) is 0 Å². The Labute approximate surface area is 241 Å². The molecule has 0 atom stereocenters. The van der Waals surface area contributed by atoms with Gasteiger partial charge in [0.2, 0.25) is 0 Å². The molecule has 38 heavy (non-hydrogen) atoms. The van der Waals surface area contributed by atoms with E-state index in [0.29, 0.717) is 18.1 Å². The van der Waals surface area contributed by atoms with Gasteiger partial charge in [0.25, 0.3) is 0 Å². The zero-order valence-electron chi connectivity index (χ0n) is 22.6. The number of hydrogen-bond acceptors (Lipinski definition) is 3. The summed E-state index contributed by atoms with van der Waals surface area (Å²) in [6, 6.07) is 26.0. The van der Waals surface area contributed by atoms with Crippen LogP contribution in [0, 0.1) is 12.8 Å². The lowest BCUT2D eigenvalue weighted by Crippen LogP contribution is -2.33. The zero-order valence-corrected chi connectivity index (χ0v) is 24.2. The molecule has 5 rings (SSSR count). The van der Waals surface area contributed by atoms with E-state index in [0.717, 1.165) is 64.1 Å². The molecule has 0 N–H and O–H groups in total. The van der Waals surface area contributed by atoms with E-state index in [9.17, 15) is 4.79 Å². The molecule has 3 nitrogen and oxygen atoms in total. The predicted octanol–water partition coefficient (Wildman–Crippen LogP) is 7.31. The second-order valence-electron chi connectivity index (χ2n) is 10.9. The number of benzene rings is 3. The van der Waals surface area contributed by atoms with Gasteiger partial charge < -0.3 is 0 Å². The summed E-state index contributed by atoms with van der Waals surface area (Å²) < 4.78 is 0. The lowest BCUT2D eigenvalue weighted by Gasteiger charge is -2.32. The van der Waals surface area contributed by atoms with E-state index in [-0.39, 0.29) is 24.8 Å². The molecule has 0 aromatic heterocycles. The molecule has 0 unspecified atom stereocenters. The van der Waals surface area contributed by atoms with Gasteiger partial charge in [-0.05, 0) is 91.9 Å². The predicted molar refractivity (Wildman–Crippen MR) is 163 cm³/mol. The third-order valence-electron chi connectivity index (χ3n) is 8.31. The largest absolute Gasteiger partial charge is 0.299 e. The van der Waals surface area contributed by atoms with Crippen molar-refractivity contribution in [1.82, 2.24) is 9.80 Å². The zero-order chi connectivity index (χ0) is 24.7. The Hall–Kier alpha value is -2.17. The minimum Gasteiger partial charge on any atom is -0.299 e. The van der Waals surface area contributed by atoms with Gasteiger partial charge in [-0.25, -0.2) is 0 Å². The van der Waals surface area contributed by atoms with Crippen molar-refractivity contribution in [3.8, 4) is 0 Å². The standard InChI is InChI=1S/C33H40N2O.2ClH/c1-26-7-5-6-10-32(26)25-35-19-15-27(16-20-35)11-14-33(36)31-13-12-29-17-21-34(22-18-30(29)23-31)24-28-8-3-2-4-9-28;;/h2-10,12-13,23,27H,11,14-22,24-25H2,1H3;2*1H. The topological polar surface area (TPSA) is 23.6 Å². The number of aryl methyl sites for hydroxylation is 1. The number of piperidine rings is 1. The Balaban J connectivity index is 0.00000200. The number of fused-ring (bicyclic) bond motifs is 1. The molecular weight excluding hydrogens is 511 g/mol. The van der Waals surface area contributed by atoms with Crippen molar-refractivity contribution in [3.05, 3.63) is 106 Å². The van der Waals surface area contributed by atoms with E-state index in [1.54, 1.807) is 0 Å². The average Bonchev–Trinajstić information content (AvgIpc) is 3.12. The van der Waals surface area contributed by atoms with Crippen LogP contribution in [0.3, 0.4) is 0 Å². The minimum absolute atomic E-state index is 0. The fraction of sp³-hybridized carbons (Fsp3) is 0.424. The van der Waals surface area contributed by atoms with Crippen molar-refractivity contribution < 1.29 is 4.79 Å². The summed E-state index contributed by atoms with van der Waals surface area (Å²) in [5.41, 5.74) is 7.92. The smallest absolute Gasteiger partial charge is 0.162 e. The Morgan fingerprint density at radius 1 is 0.763 bits per heavy atom. The van der Waals surface area contributed by atoms with Crippen LogP contribution >= 0.6 is 24.8 Å². The average molecular weight is 554 g/mol. The monoisotopic (exact) mass is 552 g/mol. The number of ketones is 1. The number of carbonyl (C=O) groups is 1. The molecule has 0 bridgehead atoms. The molecule has 2 heterocycles. The van der Waals surface area contributed by atoms with Crippen molar-refractivity contribution in [2.24, 2.45) is 5.92 Å². The van der Waals surface area contributed by atoms with Gasteiger partial charge in [-0.15, -0.1) is 24.8 Å². The summed E-state index contributed by atoms with van der Waals surface area (Å²) in [5.74, 6) is 1.000. The first kappa shape index (κ1) is 30.4. The fourth-order valence-electron chi connectivity index (χ4n) is 5.89. The number of hydrogen-bond donors (Lipinski definition) is 0. The van der Waals surface area contributed by atoms with Gasteiger partial charge in [-0.2, -0.15) is 0 Å². The van der Waals surface area contributed by atoms with Gasteiger partial charge in [0.15, 0.2) is 5.78 Å². The maximum atomic E-state index is 13.1. The van der Waals surface area contributed by atoms with Crippen LogP contribution in [0.4, 0.5) is 0 Å². The molecule has 204 valence electrons. The fourth-order valence-corrected chi connectivity index (χ4v) is 5.89. The number of rotatable bonds is 8. The third kappa shape index (κ3) is 8.16. The van der Waals surface area contributed by atoms with E-state index in [1.165, 1.54) is 40.7 Å². The molecule has 0 aliphatic carbocycles. The van der Waals surface area contributed by atoms with Crippen molar-refractivity contribution in [2.75, 3.05) is 26.2 Å². The Bertz CT molecular complexity index is 1160. The van der Waals surface area contributed by atoms with E-state index < -0.39 is 0 Å². The molecular formula is C33H42Cl2N2O. The summed E-state index contributed by atoms with van der Waals surface area (Å²) in [7, 11) is 0. The first-order valence-corrected chi connectivity index (χ1v) is 13.8. The molecule has 1 saturated heterocycles. The summed E-state index contributed by atoms with van der Waals surface area (Å²) >= 11 is 0. The molecule has 3 aromatic rings. The van der Waals surface area contributed by atoms with E-state index >= 15 is 0 Å². The first-order chi connectivity index (χ1) is 17.6. The molecule has 0 spiro atoms. The number of nitrogens with zero attached hydrogens (tertiary/aromatic N) is 2. The maximum absolute atomic E-state index is 13.1. The van der Waals surface area contributed by atoms with Crippen LogP contribution in [0.25, 0.3) is 0 Å². The molecule has 5 heteroatoms. The van der Waals surface area contributed by atoms with Crippen molar-refractivity contribution in [1.29, 1.82) is 0 Å². The van der Waals surface area contributed by atoms with Gasteiger partial charge in [0, 0.05) is 38.2 Å². The van der Waals surface area contributed by atoms with Crippen LogP contribution < -0.4 is 0 Å². The number of halogens is 2. The highest BCUT2D eigenvalue weighted by molar-refractivity contribution is 5.96. The van der Waals surface area contributed by atoms with E-state index in [1.807, 2.05) is 0 Å². The lowest BCUT2D eigenvalue weighted by atomic mass is 9.89. The molecule has 2 aliphatic rings. The van der Waals surface area contributed by atoms with Crippen LogP contribution in [-0.4, -0.2) is 41.8 Å². The van der Waals surface area contributed by atoms with Gasteiger partial charge >= 0.3 is 0 Å². The number of likely N-dealkylation sites (tertiary alicyclic amines) is 1. The molecule has 0 amide bonds. The first-order valence-electron chi connectivity index (χ1n) is 13.8. The molecule has 1 fully saturated rings. The normalized spacial score (nSPS) is 16.6. The summed E-state index contributed by atoms with van der Waals surface area (Å²) in [6.45, 7) is 8.69. The Morgan fingerprint density at radius 3 is 2.16 bits per heavy atom. The summed E-state index contributed by atoms with van der Waals surface area (Å²) in [4.78, 5) is 18.2. The molecule has 0 radical (unpaired) electrons. The van der Waals surface area contributed by atoms with Crippen LogP contribution in [0.15, 0.2) is 72.8 Å². The van der Waals surface area contributed by atoms with Crippen molar-refractivity contribution >= 4 is 30.6 Å². The van der Waals surface area contributed by atoms with E-state index in [4.69, 9.17) is 0 Å². The maximum Gasteiger partial charge on any atom is 0.162 e. The summed E-state index contributed by atoms with van der Waals surface area (Å²) in [6.07, 6.45) is 6.22. The Morgan fingerprint density at radius 2 is 1.42 bits per heavy atom. The van der Waals surface area contributed by atoms with E-state index in [2.05, 4.69) is 89.5 Å². The summed E-state index contributed by atoms with van der Waals surface area (Å²) in [5, 5.41) is 0. The van der Waals surface area contributed by atoms with Crippen LogP contribution in [0.5, 0.6) is 0 Å². The quantitative estimate of drug-likeness (QED) is 0.273. The third-order valence-corrected chi connectivity index (χ3v) is 8.31. The molecule has 0 saturated carbocycles. The van der Waals surface area contributed by atoms with Crippen molar-refractivity contribution in [3.63, 3.8) is 0 Å². The highest BCUT2D eigenvalue weighted by atomic mass is 35.5. The van der Waals surface area contributed by atoms with Gasteiger partial charge in [0.05, 0.1) is 0 Å². The van der Waals surface area contributed by atoms with Crippen LogP contribution in [0.1, 0.15) is 63.9 Å². The second kappa shape index (κ2) is 14.8. The van der Waals surface area contributed by atoms with Crippen LogP contribution in [-0.2, 0) is 25.9 Å². The SMILES string of the molecule is Cc1ccccc1CN1CCC(CCC(=O)c2ccc3c(c2)CCN(Cc2ccccc2)CC3)CC1.Cl.Cl. The second-order valence-corrected chi connectivity index (χ2v) is 10.9. The number of carbonyl (C=O) groups excluding carboxylic acids is 1. The lowest BCUT2D eigenvalue weighted by molar-refractivity contribution is 0.0961. The number of Topliss-reactive ketones (excluding diaryl/α,β-unsaturated/α-hetero) is 1. The molecule has 2 aliphatic heterocycles.